The highest BCUT2D eigenvalue weighted by Crippen LogP contribution is 2.28. The molecule has 2 heterocycles. The first-order chi connectivity index (χ1) is 8.24. The number of nitrogens with zero attached hydrogens (tertiary/aromatic N) is 2. The summed E-state index contributed by atoms with van der Waals surface area (Å²) in [7, 11) is 0. The average Bonchev–Trinajstić information content (AvgIpc) is 2.75. The van der Waals surface area contributed by atoms with Gasteiger partial charge < -0.3 is 10.2 Å². The van der Waals surface area contributed by atoms with Gasteiger partial charge in [0.15, 0.2) is 11.2 Å². The van der Waals surface area contributed by atoms with E-state index in [1.807, 2.05) is 0 Å². The molecule has 0 aliphatic heterocycles. The molecule has 0 fully saturated rings. The largest absolute Gasteiger partial charge is 0.434 e. The van der Waals surface area contributed by atoms with Gasteiger partial charge in [0, 0.05) is 11.9 Å². The minimum Gasteiger partial charge on any atom is -0.434 e. The first-order valence-corrected chi connectivity index (χ1v) is 5.01. The fourth-order valence-electron chi connectivity index (χ4n) is 1.60. The van der Waals surface area contributed by atoms with Crippen LogP contribution < -0.4 is 5.73 Å². The standard InChI is InChI=1S/C12H8FN3O/c13-7-3-4-9(14)8(6-7)12-16-11-10(17-12)2-1-5-15-11/h1-6H,14H2. The van der Waals surface area contributed by atoms with E-state index in [-0.39, 0.29) is 11.7 Å². The van der Waals surface area contributed by atoms with Crippen molar-refractivity contribution in [1.29, 1.82) is 0 Å². The Labute approximate surface area is 95.9 Å². The number of benzene rings is 1. The maximum atomic E-state index is 13.1. The van der Waals surface area contributed by atoms with E-state index in [1.54, 1.807) is 18.3 Å². The lowest BCUT2D eigenvalue weighted by Crippen LogP contribution is -1.91. The summed E-state index contributed by atoms with van der Waals surface area (Å²) < 4.78 is 18.6. The van der Waals surface area contributed by atoms with Gasteiger partial charge in [-0.1, -0.05) is 0 Å². The van der Waals surface area contributed by atoms with Gasteiger partial charge in [0.1, 0.15) is 5.82 Å². The number of hydrogen-bond donors (Lipinski definition) is 1. The minimum absolute atomic E-state index is 0.274. The number of nitrogens with two attached hydrogens (primary N) is 1. The van der Waals surface area contributed by atoms with Gasteiger partial charge in [-0.25, -0.2) is 9.37 Å². The second-order valence-electron chi connectivity index (χ2n) is 3.58. The first kappa shape index (κ1) is 9.77. The summed E-state index contributed by atoms with van der Waals surface area (Å²) in [5, 5.41) is 0. The van der Waals surface area contributed by atoms with Gasteiger partial charge in [0.25, 0.3) is 0 Å². The molecular formula is C12H8FN3O. The lowest BCUT2D eigenvalue weighted by Gasteiger charge is -2.00. The van der Waals surface area contributed by atoms with Gasteiger partial charge in [-0.3, -0.25) is 0 Å². The molecular weight excluding hydrogens is 221 g/mol. The van der Waals surface area contributed by atoms with Gasteiger partial charge in [0.2, 0.25) is 5.89 Å². The predicted molar refractivity (Wildman–Crippen MR) is 61.6 cm³/mol. The third kappa shape index (κ3) is 1.61. The second kappa shape index (κ2) is 3.55. The number of pyridine rings is 1. The van der Waals surface area contributed by atoms with Crippen molar-refractivity contribution in [2.24, 2.45) is 0 Å². The van der Waals surface area contributed by atoms with Crippen molar-refractivity contribution in [3.8, 4) is 11.5 Å². The molecule has 5 heteroatoms. The highest BCUT2D eigenvalue weighted by molar-refractivity contribution is 5.76. The summed E-state index contributed by atoms with van der Waals surface area (Å²) in [6.45, 7) is 0. The number of halogens is 1. The highest BCUT2D eigenvalue weighted by Gasteiger charge is 2.12. The SMILES string of the molecule is Nc1ccc(F)cc1-c1nc2ncccc2o1. The molecule has 0 saturated heterocycles. The molecule has 0 saturated carbocycles. The molecule has 2 N–H and O–H groups in total. The van der Waals surface area contributed by atoms with Crippen molar-refractivity contribution in [2.75, 3.05) is 5.73 Å². The summed E-state index contributed by atoms with van der Waals surface area (Å²) >= 11 is 0. The van der Waals surface area contributed by atoms with E-state index >= 15 is 0 Å². The van der Waals surface area contributed by atoms with Gasteiger partial charge in [-0.05, 0) is 30.3 Å². The summed E-state index contributed by atoms with van der Waals surface area (Å²) in [5.41, 5.74) is 7.63. The fourth-order valence-corrected chi connectivity index (χ4v) is 1.60. The topological polar surface area (TPSA) is 64.9 Å². The van der Waals surface area contributed by atoms with Crippen LogP contribution >= 0.6 is 0 Å². The van der Waals surface area contributed by atoms with Gasteiger partial charge in [0.05, 0.1) is 5.56 Å². The van der Waals surface area contributed by atoms with Crippen molar-refractivity contribution in [1.82, 2.24) is 9.97 Å². The number of nitrogen functional groups attached to an aromatic ring is 1. The molecule has 0 aliphatic rings. The molecule has 17 heavy (non-hydrogen) atoms. The molecule has 0 spiro atoms. The van der Waals surface area contributed by atoms with Crippen LogP contribution in [0.25, 0.3) is 22.7 Å². The number of oxazole rings is 1. The van der Waals surface area contributed by atoms with E-state index in [0.29, 0.717) is 22.5 Å². The maximum absolute atomic E-state index is 13.1. The highest BCUT2D eigenvalue weighted by atomic mass is 19.1. The van der Waals surface area contributed by atoms with Crippen molar-refractivity contribution >= 4 is 16.9 Å². The zero-order valence-electron chi connectivity index (χ0n) is 8.72. The zero-order valence-corrected chi connectivity index (χ0v) is 8.72. The van der Waals surface area contributed by atoms with E-state index < -0.39 is 0 Å². The van der Waals surface area contributed by atoms with Crippen molar-refractivity contribution in [3.63, 3.8) is 0 Å². The Morgan fingerprint density at radius 3 is 2.94 bits per heavy atom. The summed E-state index contributed by atoms with van der Waals surface area (Å²) in [4.78, 5) is 8.20. The molecule has 3 aromatic rings. The molecule has 2 aromatic heterocycles. The first-order valence-electron chi connectivity index (χ1n) is 5.01. The molecule has 1 aromatic carbocycles. The van der Waals surface area contributed by atoms with Crippen LogP contribution in [0.3, 0.4) is 0 Å². The molecule has 0 radical (unpaired) electrons. The van der Waals surface area contributed by atoms with Crippen LogP contribution in [0.4, 0.5) is 10.1 Å². The minimum atomic E-state index is -0.385. The molecule has 4 nitrogen and oxygen atoms in total. The van der Waals surface area contributed by atoms with Crippen LogP contribution in [-0.2, 0) is 0 Å². The molecule has 3 rings (SSSR count). The second-order valence-corrected chi connectivity index (χ2v) is 3.58. The number of aromatic nitrogens is 2. The van der Waals surface area contributed by atoms with Crippen molar-refractivity contribution in [2.45, 2.75) is 0 Å². The van der Waals surface area contributed by atoms with Gasteiger partial charge in [-0.2, -0.15) is 4.98 Å². The van der Waals surface area contributed by atoms with Crippen LogP contribution in [-0.4, -0.2) is 9.97 Å². The van der Waals surface area contributed by atoms with Crippen LogP contribution in [0.15, 0.2) is 40.9 Å². The average molecular weight is 229 g/mol. The van der Waals surface area contributed by atoms with Crippen LogP contribution in [0.2, 0.25) is 0 Å². The summed E-state index contributed by atoms with van der Waals surface area (Å²) in [5.74, 6) is -0.111. The third-order valence-electron chi connectivity index (χ3n) is 2.41. The molecule has 0 atom stereocenters. The van der Waals surface area contributed by atoms with E-state index in [4.69, 9.17) is 10.2 Å². The predicted octanol–water partition coefficient (Wildman–Crippen LogP) is 2.61. The molecule has 0 bridgehead atoms. The lowest BCUT2D eigenvalue weighted by molar-refractivity contribution is 0.611. The zero-order chi connectivity index (χ0) is 11.8. The van der Waals surface area contributed by atoms with Crippen LogP contribution in [0, 0.1) is 5.82 Å². The number of rotatable bonds is 1. The lowest BCUT2D eigenvalue weighted by atomic mass is 10.2. The van der Waals surface area contributed by atoms with Crippen molar-refractivity contribution in [3.05, 3.63) is 42.3 Å². The quantitative estimate of drug-likeness (QED) is 0.651. The number of fused-ring (bicyclic) bond motifs is 1. The maximum Gasteiger partial charge on any atom is 0.231 e. The van der Waals surface area contributed by atoms with Gasteiger partial charge in [-0.15, -0.1) is 0 Å². The monoisotopic (exact) mass is 229 g/mol. The molecule has 0 aliphatic carbocycles. The van der Waals surface area contributed by atoms with Crippen LogP contribution in [0.1, 0.15) is 0 Å². The normalized spacial score (nSPS) is 10.9. The summed E-state index contributed by atoms with van der Waals surface area (Å²) in [6.07, 6.45) is 1.61. The Balaban J connectivity index is 2.23. The van der Waals surface area contributed by atoms with E-state index in [0.717, 1.165) is 0 Å². The smallest absolute Gasteiger partial charge is 0.231 e. The molecule has 84 valence electrons. The number of hydrogen-bond acceptors (Lipinski definition) is 4. The Bertz CT molecular complexity index is 660. The Morgan fingerprint density at radius 2 is 2.12 bits per heavy atom. The third-order valence-corrected chi connectivity index (χ3v) is 2.41. The van der Waals surface area contributed by atoms with Gasteiger partial charge >= 0.3 is 0 Å². The molecule has 0 amide bonds. The molecule has 0 unspecified atom stereocenters. The fraction of sp³-hybridized carbons (Fsp3) is 0. The summed E-state index contributed by atoms with van der Waals surface area (Å²) in [6, 6.07) is 7.55. The van der Waals surface area contributed by atoms with E-state index in [9.17, 15) is 4.39 Å². The van der Waals surface area contributed by atoms with E-state index in [2.05, 4.69) is 9.97 Å². The van der Waals surface area contributed by atoms with E-state index in [1.165, 1.54) is 18.2 Å². The van der Waals surface area contributed by atoms with Crippen molar-refractivity contribution < 1.29 is 8.81 Å². The number of anilines is 1. The van der Waals surface area contributed by atoms with Crippen LogP contribution in [0.5, 0.6) is 0 Å². The Kier molecular flexibility index (Phi) is 2.04. The Hall–Kier alpha value is -2.43. The Morgan fingerprint density at radius 1 is 1.24 bits per heavy atom.